The summed E-state index contributed by atoms with van der Waals surface area (Å²) in [6.07, 6.45) is 3.93. The molecule has 0 aromatic carbocycles. The van der Waals surface area contributed by atoms with Gasteiger partial charge in [-0.1, -0.05) is 0 Å². The van der Waals surface area contributed by atoms with Crippen molar-refractivity contribution in [1.29, 1.82) is 0 Å². The number of carbonyl (C=O) groups is 1. The van der Waals surface area contributed by atoms with Crippen LogP contribution in [0.1, 0.15) is 24.6 Å². The van der Waals surface area contributed by atoms with Gasteiger partial charge in [-0.05, 0) is 38.3 Å². The highest BCUT2D eigenvalue weighted by Crippen LogP contribution is 2.25. The largest absolute Gasteiger partial charge is 0.463 e. The smallest absolute Gasteiger partial charge is 0.255 e. The zero-order chi connectivity index (χ0) is 18.8. The van der Waals surface area contributed by atoms with Crippen LogP contribution in [-0.4, -0.2) is 38.9 Å². The molecule has 3 heterocycles. The van der Waals surface area contributed by atoms with Gasteiger partial charge in [0.15, 0.2) is 5.76 Å². The van der Waals surface area contributed by atoms with Crippen LogP contribution in [0, 0.1) is 0 Å². The summed E-state index contributed by atoms with van der Waals surface area (Å²) in [6, 6.07) is 5.17. The lowest BCUT2D eigenvalue weighted by Gasteiger charge is -2.09. The summed E-state index contributed by atoms with van der Waals surface area (Å²) in [6.45, 7) is 2.17. The van der Waals surface area contributed by atoms with Crippen molar-refractivity contribution < 1.29 is 13.9 Å². The third-order valence-electron chi connectivity index (χ3n) is 4.32. The minimum Gasteiger partial charge on any atom is -0.463 e. The van der Waals surface area contributed by atoms with Gasteiger partial charge in [-0.3, -0.25) is 14.6 Å². The lowest BCUT2D eigenvalue weighted by molar-refractivity contribution is -0.120. The van der Waals surface area contributed by atoms with E-state index in [-0.39, 0.29) is 24.0 Å². The average molecular weight is 369 g/mol. The van der Waals surface area contributed by atoms with Gasteiger partial charge in [0.2, 0.25) is 5.95 Å². The number of amides is 1. The average Bonchev–Trinajstić information content (AvgIpc) is 3.39. The zero-order valence-corrected chi connectivity index (χ0v) is 14.8. The first-order valence-electron chi connectivity index (χ1n) is 8.79. The van der Waals surface area contributed by atoms with Gasteiger partial charge < -0.3 is 14.5 Å². The minimum atomic E-state index is -0.326. The van der Waals surface area contributed by atoms with E-state index in [0.717, 1.165) is 30.5 Å². The Kier molecular flexibility index (Phi) is 4.59. The van der Waals surface area contributed by atoms with Crippen molar-refractivity contribution in [3.05, 3.63) is 46.1 Å². The molecule has 4 rings (SSSR count). The van der Waals surface area contributed by atoms with Crippen molar-refractivity contribution in [2.75, 3.05) is 18.5 Å². The zero-order valence-electron chi connectivity index (χ0n) is 14.8. The SMILES string of the molecule is CCOCC(=O)Nc1cc(-c2ccco2)nn1-c1nc2c(c(=O)[nH]1)CCC2. The number of fused-ring (bicyclic) bond motifs is 1. The fourth-order valence-electron chi connectivity index (χ4n) is 3.08. The van der Waals surface area contributed by atoms with E-state index in [1.54, 1.807) is 18.2 Å². The Balaban J connectivity index is 1.75. The number of ether oxygens (including phenoxy) is 1. The molecule has 9 nitrogen and oxygen atoms in total. The van der Waals surface area contributed by atoms with Crippen LogP contribution >= 0.6 is 0 Å². The Labute approximate surface area is 154 Å². The van der Waals surface area contributed by atoms with Crippen molar-refractivity contribution in [1.82, 2.24) is 19.7 Å². The van der Waals surface area contributed by atoms with Crippen LogP contribution in [0.4, 0.5) is 5.82 Å². The molecule has 140 valence electrons. The molecule has 0 atom stereocenters. The van der Waals surface area contributed by atoms with Gasteiger partial charge in [0.25, 0.3) is 11.5 Å². The number of aromatic amines is 1. The monoisotopic (exact) mass is 369 g/mol. The predicted molar refractivity (Wildman–Crippen MR) is 96.8 cm³/mol. The maximum absolute atomic E-state index is 12.4. The summed E-state index contributed by atoms with van der Waals surface area (Å²) < 4.78 is 11.9. The molecule has 0 bridgehead atoms. The van der Waals surface area contributed by atoms with Crippen LogP contribution in [0.15, 0.2) is 33.7 Å². The molecule has 0 radical (unpaired) electrons. The van der Waals surface area contributed by atoms with E-state index in [1.165, 1.54) is 10.9 Å². The van der Waals surface area contributed by atoms with Crippen LogP contribution in [0.25, 0.3) is 17.4 Å². The van der Waals surface area contributed by atoms with E-state index in [4.69, 9.17) is 9.15 Å². The fourth-order valence-corrected chi connectivity index (χ4v) is 3.08. The van der Waals surface area contributed by atoms with Crippen LogP contribution in [0.2, 0.25) is 0 Å². The molecule has 0 saturated carbocycles. The van der Waals surface area contributed by atoms with E-state index < -0.39 is 0 Å². The van der Waals surface area contributed by atoms with Crippen molar-refractivity contribution in [2.45, 2.75) is 26.2 Å². The molecule has 27 heavy (non-hydrogen) atoms. The van der Waals surface area contributed by atoms with Gasteiger partial charge in [-0.25, -0.2) is 4.98 Å². The Bertz CT molecular complexity index is 1020. The lowest BCUT2D eigenvalue weighted by Crippen LogP contribution is -2.23. The van der Waals surface area contributed by atoms with Gasteiger partial charge in [0, 0.05) is 18.2 Å². The van der Waals surface area contributed by atoms with Crippen LogP contribution < -0.4 is 10.9 Å². The summed E-state index contributed by atoms with van der Waals surface area (Å²) in [5.74, 6) is 0.836. The molecule has 0 aliphatic heterocycles. The van der Waals surface area contributed by atoms with E-state index in [1.807, 2.05) is 6.92 Å². The molecule has 0 fully saturated rings. The summed E-state index contributed by atoms with van der Waals surface area (Å²) in [7, 11) is 0. The molecule has 9 heteroatoms. The van der Waals surface area contributed by atoms with E-state index in [0.29, 0.717) is 23.9 Å². The maximum atomic E-state index is 12.4. The number of hydrogen-bond acceptors (Lipinski definition) is 6. The standard InChI is InChI=1S/C18H19N5O4/c1-2-26-10-16(24)20-15-9-13(14-7-4-8-27-14)22-23(15)18-19-12-6-3-5-11(12)17(25)21-18/h4,7-9H,2-3,5-6,10H2,1H3,(H,20,24)(H,19,21,25). The second-order valence-corrected chi connectivity index (χ2v) is 6.16. The highest BCUT2D eigenvalue weighted by atomic mass is 16.5. The third kappa shape index (κ3) is 3.41. The maximum Gasteiger partial charge on any atom is 0.255 e. The summed E-state index contributed by atoms with van der Waals surface area (Å²) >= 11 is 0. The molecule has 3 aromatic rings. The fraction of sp³-hybridized carbons (Fsp3) is 0.333. The first-order valence-corrected chi connectivity index (χ1v) is 8.79. The van der Waals surface area contributed by atoms with Crippen molar-refractivity contribution in [3.63, 3.8) is 0 Å². The van der Waals surface area contributed by atoms with Crippen molar-refractivity contribution >= 4 is 11.7 Å². The number of furan rings is 1. The van der Waals surface area contributed by atoms with Crippen molar-refractivity contribution in [3.8, 4) is 17.4 Å². The van der Waals surface area contributed by atoms with Gasteiger partial charge in [0.1, 0.15) is 18.1 Å². The third-order valence-corrected chi connectivity index (χ3v) is 4.32. The Hall–Kier alpha value is -3.20. The number of carbonyl (C=O) groups excluding carboxylic acids is 1. The van der Waals surface area contributed by atoms with Crippen LogP contribution in [0.5, 0.6) is 0 Å². The van der Waals surface area contributed by atoms with Crippen LogP contribution in [-0.2, 0) is 22.4 Å². The molecule has 2 N–H and O–H groups in total. The molecule has 1 aliphatic rings. The highest BCUT2D eigenvalue weighted by Gasteiger charge is 2.21. The second-order valence-electron chi connectivity index (χ2n) is 6.16. The van der Waals surface area contributed by atoms with E-state index in [9.17, 15) is 9.59 Å². The number of nitrogens with zero attached hydrogens (tertiary/aromatic N) is 3. The molecule has 0 saturated heterocycles. The molecule has 3 aromatic heterocycles. The molecule has 0 unspecified atom stereocenters. The number of aromatic nitrogens is 4. The van der Waals surface area contributed by atoms with Gasteiger partial charge in [-0.2, -0.15) is 9.78 Å². The number of nitrogens with one attached hydrogen (secondary N) is 2. The van der Waals surface area contributed by atoms with E-state index in [2.05, 4.69) is 20.4 Å². The molecule has 0 spiro atoms. The van der Waals surface area contributed by atoms with Gasteiger partial charge >= 0.3 is 0 Å². The Morgan fingerprint density at radius 1 is 1.44 bits per heavy atom. The lowest BCUT2D eigenvalue weighted by atomic mass is 10.3. The summed E-state index contributed by atoms with van der Waals surface area (Å²) in [5, 5.41) is 7.20. The van der Waals surface area contributed by atoms with E-state index >= 15 is 0 Å². The number of aryl methyl sites for hydroxylation is 1. The van der Waals surface area contributed by atoms with Crippen molar-refractivity contribution in [2.24, 2.45) is 0 Å². The normalized spacial score (nSPS) is 12.9. The highest BCUT2D eigenvalue weighted by molar-refractivity contribution is 5.91. The van der Waals surface area contributed by atoms with Gasteiger partial charge in [-0.15, -0.1) is 0 Å². The van der Waals surface area contributed by atoms with Gasteiger partial charge in [0.05, 0.1) is 12.0 Å². The minimum absolute atomic E-state index is 0.0775. The number of hydrogen-bond donors (Lipinski definition) is 2. The molecule has 1 aliphatic carbocycles. The predicted octanol–water partition coefficient (Wildman–Crippen LogP) is 1.68. The molecular formula is C18H19N5O4. The topological polar surface area (TPSA) is 115 Å². The summed E-state index contributed by atoms with van der Waals surface area (Å²) in [4.78, 5) is 31.8. The Morgan fingerprint density at radius 2 is 2.33 bits per heavy atom. The quantitative estimate of drug-likeness (QED) is 0.683. The Morgan fingerprint density at radius 3 is 3.11 bits per heavy atom. The second kappa shape index (κ2) is 7.20. The number of anilines is 1. The number of H-pyrrole nitrogens is 1. The van der Waals surface area contributed by atoms with Crippen LogP contribution in [0.3, 0.4) is 0 Å². The molecule has 1 amide bonds. The number of rotatable bonds is 6. The summed E-state index contributed by atoms with van der Waals surface area (Å²) in [5.41, 5.74) is 1.83. The first kappa shape index (κ1) is 17.2. The molecular weight excluding hydrogens is 350 g/mol. The first-order chi connectivity index (χ1) is 13.2.